The second-order valence-electron chi connectivity index (χ2n) is 6.81. The Morgan fingerprint density at radius 1 is 0.759 bits per heavy atom. The summed E-state index contributed by atoms with van der Waals surface area (Å²) in [5.41, 5.74) is 6.38. The Kier molecular flexibility index (Phi) is 5.81. The van der Waals surface area contributed by atoms with Crippen molar-refractivity contribution in [2.45, 2.75) is 13.8 Å². The summed E-state index contributed by atoms with van der Waals surface area (Å²) >= 11 is 14.2. The van der Waals surface area contributed by atoms with Crippen LogP contribution in [0.1, 0.15) is 11.1 Å². The third-order valence-electron chi connectivity index (χ3n) is 4.58. The van der Waals surface area contributed by atoms with E-state index in [0.717, 1.165) is 31.4 Å². The first kappa shape index (κ1) is 20.2. The van der Waals surface area contributed by atoms with Crippen LogP contribution in [0, 0.1) is 17.5 Å². The minimum absolute atomic E-state index is 0.539. The van der Waals surface area contributed by atoms with Crippen molar-refractivity contribution < 1.29 is 0 Å². The predicted octanol–water partition coefficient (Wildman–Crippen LogP) is 7.32. The number of H-pyrrole nitrogens is 2. The van der Waals surface area contributed by atoms with E-state index in [1.165, 1.54) is 16.5 Å². The van der Waals surface area contributed by atoms with Crippen molar-refractivity contribution in [2.75, 3.05) is 0 Å². The zero-order valence-corrected chi connectivity index (χ0v) is 19.4. The van der Waals surface area contributed by atoms with Gasteiger partial charge < -0.3 is 0 Å². The molecule has 5 rings (SSSR count). The summed E-state index contributed by atoms with van der Waals surface area (Å²) in [4.78, 5) is 0. The van der Waals surface area contributed by atoms with Gasteiger partial charge in [0.1, 0.15) is 3.70 Å². The quantitative estimate of drug-likeness (QED) is 0.221. The smallest absolute Gasteiger partial charge is 0.104 e. The molecule has 0 atom stereocenters. The van der Waals surface area contributed by atoms with E-state index in [4.69, 9.17) is 23.2 Å². The maximum absolute atomic E-state index is 6.04. The number of aromatic amines is 2. The molecule has 0 spiro atoms. The van der Waals surface area contributed by atoms with E-state index < -0.39 is 0 Å². The zero-order chi connectivity index (χ0) is 20.5. The fraction of sp³-hybridized carbons (Fsp3) is 0.0909. The van der Waals surface area contributed by atoms with E-state index in [1.807, 2.05) is 12.1 Å². The molecule has 0 saturated heterocycles. The Morgan fingerprint density at radius 3 is 2.24 bits per heavy atom. The van der Waals surface area contributed by atoms with Gasteiger partial charge in [-0.05, 0) is 77.9 Å². The standard InChI is InChI=1S/C14H10Cl2N2.C8H7IN2/c1-8-2-4-10-13(6-8)17-18-14(10)9-3-5-11(15)12(16)7-9;1-5-2-3-6-7(4-5)10-11-8(6)9/h2-7H,1H3,(H,17,18);2-4H,1H3,(H,10,11). The second-order valence-corrected chi connectivity index (χ2v) is 8.70. The van der Waals surface area contributed by atoms with Gasteiger partial charge in [-0.15, -0.1) is 0 Å². The Hall–Kier alpha value is -2.09. The van der Waals surface area contributed by atoms with Crippen LogP contribution < -0.4 is 0 Å². The third kappa shape index (κ3) is 4.27. The van der Waals surface area contributed by atoms with E-state index >= 15 is 0 Å². The molecular weight excluding hydrogens is 518 g/mol. The number of hydrogen-bond donors (Lipinski definition) is 2. The summed E-state index contributed by atoms with van der Waals surface area (Å²) in [6, 6.07) is 18.0. The number of aromatic nitrogens is 4. The fourth-order valence-corrected chi connectivity index (χ4v) is 3.96. The number of hydrogen-bond acceptors (Lipinski definition) is 2. The van der Waals surface area contributed by atoms with Crippen molar-refractivity contribution in [3.05, 3.63) is 79.5 Å². The van der Waals surface area contributed by atoms with Gasteiger partial charge in [-0.2, -0.15) is 10.2 Å². The van der Waals surface area contributed by atoms with Gasteiger partial charge in [-0.25, -0.2) is 0 Å². The minimum Gasteiger partial charge on any atom is -0.277 e. The highest BCUT2D eigenvalue weighted by Crippen LogP contribution is 2.31. The number of rotatable bonds is 1. The second kappa shape index (κ2) is 8.34. The first-order valence-electron chi connectivity index (χ1n) is 8.93. The maximum atomic E-state index is 6.04. The lowest BCUT2D eigenvalue weighted by atomic mass is 10.1. The van der Waals surface area contributed by atoms with Crippen LogP contribution in [0.5, 0.6) is 0 Å². The van der Waals surface area contributed by atoms with Crippen LogP contribution in [0.2, 0.25) is 10.0 Å². The van der Waals surface area contributed by atoms with Gasteiger partial charge in [0.2, 0.25) is 0 Å². The van der Waals surface area contributed by atoms with Gasteiger partial charge >= 0.3 is 0 Å². The molecule has 5 aromatic rings. The molecule has 0 unspecified atom stereocenters. The number of benzene rings is 3. The lowest BCUT2D eigenvalue weighted by Gasteiger charge is -2.01. The van der Waals surface area contributed by atoms with Crippen molar-refractivity contribution in [3.63, 3.8) is 0 Å². The van der Waals surface area contributed by atoms with Gasteiger partial charge in [0.05, 0.1) is 26.8 Å². The molecule has 0 aliphatic heterocycles. The van der Waals surface area contributed by atoms with Crippen molar-refractivity contribution in [3.8, 4) is 11.3 Å². The van der Waals surface area contributed by atoms with Crippen molar-refractivity contribution in [2.24, 2.45) is 0 Å². The summed E-state index contributed by atoms with van der Waals surface area (Å²) in [6.45, 7) is 4.13. The average Bonchev–Trinajstić information content (AvgIpc) is 3.27. The van der Waals surface area contributed by atoms with Crippen molar-refractivity contribution in [1.29, 1.82) is 0 Å². The zero-order valence-electron chi connectivity index (χ0n) is 15.7. The Balaban J connectivity index is 0.000000159. The van der Waals surface area contributed by atoms with E-state index in [2.05, 4.69) is 93.2 Å². The summed E-state index contributed by atoms with van der Waals surface area (Å²) in [5, 5.41) is 17.9. The molecule has 0 amide bonds. The monoisotopic (exact) mass is 534 g/mol. The van der Waals surface area contributed by atoms with Crippen LogP contribution in [0.4, 0.5) is 0 Å². The van der Waals surface area contributed by atoms with Gasteiger partial charge in [0.15, 0.2) is 0 Å². The number of nitrogens with zero attached hydrogens (tertiary/aromatic N) is 2. The first-order valence-corrected chi connectivity index (χ1v) is 10.8. The van der Waals surface area contributed by atoms with Gasteiger partial charge in [-0.1, -0.05) is 47.5 Å². The van der Waals surface area contributed by atoms with Crippen LogP contribution in [-0.2, 0) is 0 Å². The predicted molar refractivity (Wildman–Crippen MR) is 130 cm³/mol. The van der Waals surface area contributed by atoms with Crippen LogP contribution in [0.25, 0.3) is 33.1 Å². The lowest BCUT2D eigenvalue weighted by Crippen LogP contribution is -1.80. The molecular formula is C22H17Cl2IN4. The lowest BCUT2D eigenvalue weighted by molar-refractivity contribution is 1.09. The number of nitrogens with one attached hydrogen (secondary N) is 2. The van der Waals surface area contributed by atoms with E-state index in [1.54, 1.807) is 6.07 Å². The molecule has 146 valence electrons. The average molecular weight is 535 g/mol. The Morgan fingerprint density at radius 2 is 1.48 bits per heavy atom. The molecule has 0 fully saturated rings. The summed E-state index contributed by atoms with van der Waals surface area (Å²) in [5.74, 6) is 0. The number of fused-ring (bicyclic) bond motifs is 2. The molecule has 29 heavy (non-hydrogen) atoms. The van der Waals surface area contributed by atoms with E-state index in [-0.39, 0.29) is 0 Å². The molecule has 0 saturated carbocycles. The molecule has 0 radical (unpaired) electrons. The highest BCUT2D eigenvalue weighted by molar-refractivity contribution is 14.1. The van der Waals surface area contributed by atoms with Crippen molar-refractivity contribution in [1.82, 2.24) is 20.4 Å². The first-order chi connectivity index (χ1) is 13.9. The minimum atomic E-state index is 0.539. The van der Waals surface area contributed by atoms with E-state index in [9.17, 15) is 0 Å². The van der Waals surface area contributed by atoms with Crippen LogP contribution in [0.15, 0.2) is 54.6 Å². The SMILES string of the molecule is Cc1ccc2c(-c3ccc(Cl)c(Cl)c3)n[nH]c2c1.Cc1ccc2c(I)[nH]nc2c1. The largest absolute Gasteiger partial charge is 0.277 e. The molecule has 0 aliphatic carbocycles. The van der Waals surface area contributed by atoms with E-state index in [0.29, 0.717) is 10.0 Å². The van der Waals surface area contributed by atoms with Crippen LogP contribution in [-0.4, -0.2) is 20.4 Å². The number of halogens is 3. The normalized spacial score (nSPS) is 10.9. The molecule has 0 aliphatic rings. The van der Waals surface area contributed by atoms with Crippen LogP contribution >= 0.6 is 45.8 Å². The van der Waals surface area contributed by atoms with Crippen molar-refractivity contribution >= 4 is 67.6 Å². The molecule has 4 nitrogen and oxygen atoms in total. The topological polar surface area (TPSA) is 57.4 Å². The Bertz CT molecular complexity index is 1320. The molecule has 2 heterocycles. The summed E-state index contributed by atoms with van der Waals surface area (Å²) in [6.07, 6.45) is 0. The molecule has 3 aromatic carbocycles. The highest BCUT2D eigenvalue weighted by Gasteiger charge is 2.09. The molecule has 7 heteroatoms. The Labute approximate surface area is 191 Å². The summed E-state index contributed by atoms with van der Waals surface area (Å²) in [7, 11) is 0. The third-order valence-corrected chi connectivity index (χ3v) is 6.14. The number of aryl methyl sites for hydroxylation is 2. The molecule has 0 bridgehead atoms. The fourth-order valence-electron chi connectivity index (χ4n) is 3.09. The highest BCUT2D eigenvalue weighted by atomic mass is 127. The molecule has 2 aromatic heterocycles. The van der Waals surface area contributed by atoms with Gasteiger partial charge in [0.25, 0.3) is 0 Å². The summed E-state index contributed by atoms with van der Waals surface area (Å²) < 4.78 is 1.11. The maximum Gasteiger partial charge on any atom is 0.104 e. The molecule has 2 N–H and O–H groups in total. The van der Waals surface area contributed by atoms with Gasteiger partial charge in [-0.3, -0.25) is 10.2 Å². The van der Waals surface area contributed by atoms with Gasteiger partial charge in [0, 0.05) is 16.3 Å². The van der Waals surface area contributed by atoms with Crippen LogP contribution in [0.3, 0.4) is 0 Å².